The fraction of sp³-hybridized carbons (Fsp3) is 0.545. The molecule has 0 unspecified atom stereocenters. The summed E-state index contributed by atoms with van der Waals surface area (Å²) in [5.41, 5.74) is 0.952. The highest BCUT2D eigenvalue weighted by molar-refractivity contribution is 6.32. The van der Waals surface area contributed by atoms with E-state index in [1.807, 2.05) is 6.92 Å². The number of pyridine rings is 1. The fourth-order valence-electron chi connectivity index (χ4n) is 1.71. The zero-order valence-corrected chi connectivity index (χ0v) is 12.0. The van der Waals surface area contributed by atoms with Gasteiger partial charge >= 0.3 is 0 Å². The summed E-state index contributed by atoms with van der Waals surface area (Å²) in [6.45, 7) is 3.69. The molecule has 0 saturated carbocycles. The van der Waals surface area contributed by atoms with Gasteiger partial charge < -0.3 is 10.1 Å². The SMILES string of the molecule is Cc1cncc(OC[C@H]2CCCN2)c1Cl.Cl.Cl. The molecule has 1 aliphatic rings. The Hall–Kier alpha value is -0.220. The summed E-state index contributed by atoms with van der Waals surface area (Å²) in [5.74, 6) is 0.686. The molecule has 1 aromatic rings. The van der Waals surface area contributed by atoms with E-state index in [4.69, 9.17) is 16.3 Å². The predicted molar refractivity (Wildman–Crippen MR) is 75.0 cm³/mol. The number of hydrogen-bond donors (Lipinski definition) is 1. The van der Waals surface area contributed by atoms with Crippen molar-refractivity contribution in [2.75, 3.05) is 13.2 Å². The van der Waals surface area contributed by atoms with Crippen molar-refractivity contribution in [1.82, 2.24) is 10.3 Å². The van der Waals surface area contributed by atoms with Gasteiger partial charge in [-0.2, -0.15) is 0 Å². The van der Waals surface area contributed by atoms with Crippen molar-refractivity contribution in [2.45, 2.75) is 25.8 Å². The normalized spacial score (nSPS) is 18.1. The number of nitrogens with zero attached hydrogens (tertiary/aromatic N) is 1. The molecule has 0 amide bonds. The Kier molecular flexibility index (Phi) is 7.88. The van der Waals surface area contributed by atoms with Crippen molar-refractivity contribution in [3.05, 3.63) is 23.0 Å². The van der Waals surface area contributed by atoms with Gasteiger partial charge in [0.1, 0.15) is 6.61 Å². The van der Waals surface area contributed by atoms with Crippen molar-refractivity contribution >= 4 is 36.4 Å². The van der Waals surface area contributed by atoms with Crippen molar-refractivity contribution < 1.29 is 4.74 Å². The molecule has 17 heavy (non-hydrogen) atoms. The fourth-order valence-corrected chi connectivity index (χ4v) is 1.87. The van der Waals surface area contributed by atoms with Gasteiger partial charge in [0.25, 0.3) is 0 Å². The Morgan fingerprint density at radius 3 is 2.88 bits per heavy atom. The van der Waals surface area contributed by atoms with Crippen molar-refractivity contribution in [1.29, 1.82) is 0 Å². The summed E-state index contributed by atoms with van der Waals surface area (Å²) in [6, 6.07) is 0.460. The average Bonchev–Trinajstić information content (AvgIpc) is 2.73. The molecule has 0 spiro atoms. The van der Waals surface area contributed by atoms with Crippen LogP contribution in [0.1, 0.15) is 18.4 Å². The van der Waals surface area contributed by atoms with Crippen LogP contribution in [0.4, 0.5) is 0 Å². The summed E-state index contributed by atoms with van der Waals surface area (Å²) in [5, 5.41) is 4.04. The van der Waals surface area contributed by atoms with Gasteiger partial charge in [-0.15, -0.1) is 24.8 Å². The minimum Gasteiger partial charge on any atom is -0.489 e. The first-order chi connectivity index (χ1) is 7.27. The van der Waals surface area contributed by atoms with Gasteiger partial charge in [-0.25, -0.2) is 0 Å². The molecule has 1 aliphatic heterocycles. The summed E-state index contributed by atoms with van der Waals surface area (Å²) in [4.78, 5) is 4.06. The lowest BCUT2D eigenvalue weighted by Crippen LogP contribution is -2.28. The molecule has 2 heterocycles. The third-order valence-electron chi connectivity index (χ3n) is 2.62. The lowest BCUT2D eigenvalue weighted by molar-refractivity contribution is 0.276. The highest BCUT2D eigenvalue weighted by Gasteiger charge is 2.15. The lowest BCUT2D eigenvalue weighted by atomic mass is 10.2. The third-order valence-corrected chi connectivity index (χ3v) is 3.11. The molecule has 0 aromatic carbocycles. The van der Waals surface area contributed by atoms with Gasteiger partial charge in [0, 0.05) is 12.2 Å². The van der Waals surface area contributed by atoms with E-state index >= 15 is 0 Å². The maximum absolute atomic E-state index is 6.09. The maximum Gasteiger partial charge on any atom is 0.156 e. The van der Waals surface area contributed by atoms with E-state index in [2.05, 4.69) is 10.3 Å². The van der Waals surface area contributed by atoms with Crippen molar-refractivity contribution in [3.8, 4) is 5.75 Å². The lowest BCUT2D eigenvalue weighted by Gasteiger charge is -2.13. The summed E-state index contributed by atoms with van der Waals surface area (Å²) >= 11 is 6.09. The Balaban J connectivity index is 0.00000128. The highest BCUT2D eigenvalue weighted by Crippen LogP contribution is 2.26. The zero-order chi connectivity index (χ0) is 10.7. The Bertz CT molecular complexity index is 343. The molecule has 3 nitrogen and oxygen atoms in total. The second-order valence-corrected chi connectivity index (χ2v) is 4.25. The van der Waals surface area contributed by atoms with Crippen LogP contribution in [0, 0.1) is 6.92 Å². The van der Waals surface area contributed by atoms with Crippen molar-refractivity contribution in [2.24, 2.45) is 0 Å². The number of aryl methyl sites for hydroxylation is 1. The quantitative estimate of drug-likeness (QED) is 0.931. The molecule has 1 N–H and O–H groups in total. The first-order valence-corrected chi connectivity index (χ1v) is 5.61. The topological polar surface area (TPSA) is 34.1 Å². The first kappa shape index (κ1) is 16.8. The largest absolute Gasteiger partial charge is 0.489 e. The standard InChI is InChI=1S/C11H15ClN2O.2ClH/c1-8-5-13-6-10(11(8)12)15-7-9-3-2-4-14-9;;/h5-6,9,14H,2-4,7H2,1H3;2*1H/t9-;;/m1../s1. The Morgan fingerprint density at radius 2 is 2.24 bits per heavy atom. The van der Waals surface area contributed by atoms with Crippen LogP contribution in [0.15, 0.2) is 12.4 Å². The Labute approximate surface area is 119 Å². The molecule has 0 aliphatic carbocycles. The van der Waals surface area contributed by atoms with E-state index in [0.29, 0.717) is 23.4 Å². The van der Waals surface area contributed by atoms with Gasteiger partial charge in [0.05, 0.1) is 11.2 Å². The van der Waals surface area contributed by atoms with Gasteiger partial charge in [-0.3, -0.25) is 4.98 Å². The van der Waals surface area contributed by atoms with Crippen LogP contribution in [0.25, 0.3) is 0 Å². The van der Waals surface area contributed by atoms with Crippen LogP contribution in [-0.4, -0.2) is 24.2 Å². The molecule has 1 atom stereocenters. The number of nitrogens with one attached hydrogen (secondary N) is 1. The van der Waals surface area contributed by atoms with Gasteiger partial charge in [-0.05, 0) is 31.9 Å². The van der Waals surface area contributed by atoms with Crippen molar-refractivity contribution in [3.63, 3.8) is 0 Å². The second kappa shape index (κ2) is 7.98. The average molecular weight is 300 g/mol. The van der Waals surface area contributed by atoms with Crippen LogP contribution in [0.2, 0.25) is 5.02 Å². The second-order valence-electron chi connectivity index (χ2n) is 3.87. The molecule has 0 bridgehead atoms. The van der Waals surface area contributed by atoms with Crippen LogP contribution in [0.5, 0.6) is 5.75 Å². The van der Waals surface area contributed by atoms with Gasteiger partial charge in [0.2, 0.25) is 0 Å². The highest BCUT2D eigenvalue weighted by atomic mass is 35.5. The monoisotopic (exact) mass is 298 g/mol. The third kappa shape index (κ3) is 4.51. The van der Waals surface area contributed by atoms with E-state index < -0.39 is 0 Å². The van der Waals surface area contributed by atoms with E-state index in [-0.39, 0.29) is 24.8 Å². The summed E-state index contributed by atoms with van der Waals surface area (Å²) in [7, 11) is 0. The number of halogens is 3. The molecule has 1 fully saturated rings. The molecule has 1 aromatic heterocycles. The van der Waals surface area contributed by atoms with E-state index in [1.54, 1.807) is 12.4 Å². The minimum absolute atomic E-state index is 0. The summed E-state index contributed by atoms with van der Waals surface area (Å²) in [6.07, 6.45) is 5.82. The molecular formula is C11H17Cl3N2O. The smallest absolute Gasteiger partial charge is 0.156 e. The zero-order valence-electron chi connectivity index (χ0n) is 9.61. The van der Waals surface area contributed by atoms with Crippen LogP contribution in [-0.2, 0) is 0 Å². The minimum atomic E-state index is 0. The van der Waals surface area contributed by atoms with Crippen LogP contribution >= 0.6 is 36.4 Å². The molecule has 2 rings (SSSR count). The number of ether oxygens (including phenoxy) is 1. The molecule has 1 saturated heterocycles. The van der Waals surface area contributed by atoms with E-state index in [0.717, 1.165) is 12.1 Å². The van der Waals surface area contributed by atoms with E-state index in [9.17, 15) is 0 Å². The van der Waals surface area contributed by atoms with Gasteiger partial charge in [-0.1, -0.05) is 11.6 Å². The van der Waals surface area contributed by atoms with Crippen LogP contribution < -0.4 is 10.1 Å². The first-order valence-electron chi connectivity index (χ1n) is 5.23. The molecular weight excluding hydrogens is 282 g/mol. The molecule has 98 valence electrons. The molecule has 6 heteroatoms. The number of rotatable bonds is 3. The number of hydrogen-bond acceptors (Lipinski definition) is 3. The van der Waals surface area contributed by atoms with E-state index in [1.165, 1.54) is 12.8 Å². The number of aromatic nitrogens is 1. The van der Waals surface area contributed by atoms with Crippen LogP contribution in [0.3, 0.4) is 0 Å². The Morgan fingerprint density at radius 1 is 1.47 bits per heavy atom. The predicted octanol–water partition coefficient (Wildman–Crippen LogP) is 3.02. The van der Waals surface area contributed by atoms with Gasteiger partial charge in [0.15, 0.2) is 5.75 Å². The maximum atomic E-state index is 6.09. The molecule has 0 radical (unpaired) electrons. The summed E-state index contributed by atoms with van der Waals surface area (Å²) < 4.78 is 5.64.